The van der Waals surface area contributed by atoms with E-state index in [0.717, 1.165) is 24.3 Å². The minimum Gasteiger partial charge on any atom is -0.392 e. The van der Waals surface area contributed by atoms with Crippen LogP contribution in [0.5, 0.6) is 0 Å². The topological polar surface area (TPSA) is 23.5 Å². The molecule has 4 aliphatic rings. The Balaban J connectivity index is 1.56. The highest BCUT2D eigenvalue weighted by molar-refractivity contribution is 5.01. The Kier molecular flexibility index (Phi) is 3.44. The number of aliphatic hydroxyl groups is 1. The quantitative estimate of drug-likeness (QED) is 0.812. The molecule has 1 N–H and O–H groups in total. The van der Waals surface area contributed by atoms with E-state index >= 15 is 0 Å². The maximum Gasteiger partial charge on any atom is 0.0638 e. The minimum absolute atomic E-state index is 0.189. The first kappa shape index (κ1) is 12.9. The second kappa shape index (κ2) is 4.79. The van der Waals surface area contributed by atoms with Gasteiger partial charge in [-0.25, -0.2) is 0 Å². The molecule has 1 unspecified atom stereocenters. The van der Waals surface area contributed by atoms with Crippen LogP contribution in [-0.2, 0) is 0 Å². The van der Waals surface area contributed by atoms with E-state index in [0.29, 0.717) is 5.41 Å². The number of likely N-dealkylation sites (N-methyl/N-ethyl adjacent to an activating group) is 1. The van der Waals surface area contributed by atoms with Crippen molar-refractivity contribution in [2.75, 3.05) is 20.1 Å². The average molecular weight is 251 g/mol. The molecule has 0 aliphatic heterocycles. The smallest absolute Gasteiger partial charge is 0.0638 e. The molecule has 18 heavy (non-hydrogen) atoms. The minimum atomic E-state index is -0.189. The van der Waals surface area contributed by atoms with E-state index in [9.17, 15) is 5.11 Å². The molecule has 4 fully saturated rings. The first-order valence-electron chi connectivity index (χ1n) is 7.91. The number of aliphatic hydroxyl groups excluding tert-OH is 1. The fourth-order valence-electron chi connectivity index (χ4n) is 5.57. The predicted octanol–water partition coefficient (Wildman–Crippen LogP) is 2.91. The Morgan fingerprint density at radius 1 is 1.11 bits per heavy atom. The van der Waals surface area contributed by atoms with Crippen LogP contribution in [0.1, 0.15) is 51.9 Å². The second-order valence-electron chi connectivity index (χ2n) is 7.78. The van der Waals surface area contributed by atoms with Gasteiger partial charge in [-0.2, -0.15) is 0 Å². The van der Waals surface area contributed by atoms with Gasteiger partial charge in [-0.05, 0) is 88.6 Å². The lowest BCUT2D eigenvalue weighted by atomic mass is 9.49. The molecule has 0 saturated heterocycles. The molecule has 4 aliphatic carbocycles. The zero-order valence-corrected chi connectivity index (χ0v) is 12.1. The third-order valence-corrected chi connectivity index (χ3v) is 5.76. The number of hydrogen-bond acceptors (Lipinski definition) is 2. The molecule has 0 aromatic carbocycles. The summed E-state index contributed by atoms with van der Waals surface area (Å²) in [7, 11) is 2.16. The molecule has 0 heterocycles. The van der Waals surface area contributed by atoms with Crippen LogP contribution in [0.3, 0.4) is 0 Å². The molecule has 0 spiro atoms. The van der Waals surface area contributed by atoms with Crippen molar-refractivity contribution in [3.8, 4) is 0 Å². The van der Waals surface area contributed by atoms with Gasteiger partial charge in [0, 0.05) is 6.54 Å². The van der Waals surface area contributed by atoms with Crippen molar-refractivity contribution in [2.45, 2.75) is 58.0 Å². The van der Waals surface area contributed by atoms with Crippen LogP contribution >= 0.6 is 0 Å². The largest absolute Gasteiger partial charge is 0.392 e. The lowest BCUT2D eigenvalue weighted by molar-refractivity contribution is -0.0610. The third-order valence-electron chi connectivity index (χ3n) is 5.76. The molecule has 104 valence electrons. The Labute approximate surface area is 112 Å². The van der Waals surface area contributed by atoms with Gasteiger partial charge in [-0.1, -0.05) is 0 Å². The third kappa shape index (κ3) is 2.60. The van der Waals surface area contributed by atoms with Gasteiger partial charge in [-0.3, -0.25) is 0 Å². The Morgan fingerprint density at radius 2 is 1.61 bits per heavy atom. The van der Waals surface area contributed by atoms with Gasteiger partial charge in [0.1, 0.15) is 0 Å². The molecule has 4 rings (SSSR count). The van der Waals surface area contributed by atoms with Crippen molar-refractivity contribution in [3.63, 3.8) is 0 Å². The van der Waals surface area contributed by atoms with Crippen LogP contribution in [0, 0.1) is 23.2 Å². The van der Waals surface area contributed by atoms with E-state index in [1.807, 2.05) is 6.92 Å². The Bertz CT molecular complexity index is 264. The summed E-state index contributed by atoms with van der Waals surface area (Å²) in [6.07, 6.45) is 10.4. The molecule has 0 aromatic heterocycles. The van der Waals surface area contributed by atoms with Crippen LogP contribution in [0.15, 0.2) is 0 Å². The summed E-state index contributed by atoms with van der Waals surface area (Å²) in [5, 5.41) is 9.44. The molecular weight excluding hydrogens is 222 g/mol. The molecule has 4 saturated carbocycles. The van der Waals surface area contributed by atoms with Crippen LogP contribution in [-0.4, -0.2) is 36.2 Å². The number of hydrogen-bond donors (Lipinski definition) is 1. The van der Waals surface area contributed by atoms with E-state index in [2.05, 4.69) is 11.9 Å². The summed E-state index contributed by atoms with van der Waals surface area (Å²) in [4.78, 5) is 2.32. The van der Waals surface area contributed by atoms with E-state index < -0.39 is 0 Å². The normalized spacial score (nSPS) is 43.7. The van der Waals surface area contributed by atoms with Gasteiger partial charge in [0.05, 0.1) is 6.10 Å². The highest BCUT2D eigenvalue weighted by Gasteiger charge is 2.50. The SMILES string of the molecule is CC(O)CN(C)CCC12CC3CC(CC(C3)C1)C2. The Morgan fingerprint density at radius 3 is 2.06 bits per heavy atom. The van der Waals surface area contributed by atoms with Gasteiger partial charge in [0.25, 0.3) is 0 Å². The van der Waals surface area contributed by atoms with Gasteiger partial charge >= 0.3 is 0 Å². The molecule has 1 atom stereocenters. The van der Waals surface area contributed by atoms with Crippen molar-refractivity contribution < 1.29 is 5.11 Å². The van der Waals surface area contributed by atoms with E-state index in [1.165, 1.54) is 32.2 Å². The molecule has 0 radical (unpaired) electrons. The summed E-state index contributed by atoms with van der Waals surface area (Å²) < 4.78 is 0. The van der Waals surface area contributed by atoms with Crippen LogP contribution in [0.4, 0.5) is 0 Å². The van der Waals surface area contributed by atoms with E-state index in [-0.39, 0.29) is 6.10 Å². The first-order chi connectivity index (χ1) is 8.55. The van der Waals surface area contributed by atoms with Crippen molar-refractivity contribution in [2.24, 2.45) is 23.2 Å². The molecular formula is C16H29NO. The predicted molar refractivity (Wildman–Crippen MR) is 74.4 cm³/mol. The summed E-state index contributed by atoms with van der Waals surface area (Å²) in [5.74, 6) is 3.20. The fourth-order valence-corrected chi connectivity index (χ4v) is 5.57. The standard InChI is InChI=1S/C16H29NO/c1-12(18)11-17(2)4-3-16-8-13-5-14(9-16)7-15(6-13)10-16/h12-15,18H,3-11H2,1-2H3. The van der Waals surface area contributed by atoms with E-state index in [4.69, 9.17) is 0 Å². The Hall–Kier alpha value is -0.0800. The molecule has 0 amide bonds. The molecule has 0 aromatic rings. The highest BCUT2D eigenvalue weighted by Crippen LogP contribution is 2.61. The van der Waals surface area contributed by atoms with Crippen LogP contribution in [0.2, 0.25) is 0 Å². The monoisotopic (exact) mass is 251 g/mol. The van der Waals surface area contributed by atoms with Gasteiger partial charge in [0.2, 0.25) is 0 Å². The molecule has 2 heteroatoms. The maximum absolute atomic E-state index is 9.44. The zero-order chi connectivity index (χ0) is 12.8. The fraction of sp³-hybridized carbons (Fsp3) is 1.00. The maximum atomic E-state index is 9.44. The summed E-state index contributed by atoms with van der Waals surface area (Å²) >= 11 is 0. The van der Waals surface area contributed by atoms with Gasteiger partial charge in [0.15, 0.2) is 0 Å². The summed E-state index contributed by atoms with van der Waals surface area (Å²) in [6, 6.07) is 0. The first-order valence-corrected chi connectivity index (χ1v) is 7.91. The van der Waals surface area contributed by atoms with Crippen molar-refractivity contribution in [1.82, 2.24) is 4.90 Å². The molecule has 2 nitrogen and oxygen atoms in total. The van der Waals surface area contributed by atoms with Crippen LogP contribution in [0.25, 0.3) is 0 Å². The van der Waals surface area contributed by atoms with Crippen LogP contribution < -0.4 is 0 Å². The van der Waals surface area contributed by atoms with Crippen molar-refractivity contribution >= 4 is 0 Å². The van der Waals surface area contributed by atoms with Crippen molar-refractivity contribution in [1.29, 1.82) is 0 Å². The van der Waals surface area contributed by atoms with E-state index in [1.54, 1.807) is 19.3 Å². The second-order valence-corrected chi connectivity index (χ2v) is 7.78. The molecule has 4 bridgehead atoms. The number of nitrogens with zero attached hydrogens (tertiary/aromatic N) is 1. The van der Waals surface area contributed by atoms with Gasteiger partial charge in [-0.15, -0.1) is 0 Å². The summed E-state index contributed by atoms with van der Waals surface area (Å²) in [5.41, 5.74) is 0.696. The van der Waals surface area contributed by atoms with Crippen molar-refractivity contribution in [3.05, 3.63) is 0 Å². The van der Waals surface area contributed by atoms with Gasteiger partial charge < -0.3 is 10.0 Å². The lowest BCUT2D eigenvalue weighted by Crippen LogP contribution is -2.47. The highest BCUT2D eigenvalue weighted by atomic mass is 16.3. The number of rotatable bonds is 5. The summed E-state index contributed by atoms with van der Waals surface area (Å²) in [6.45, 7) is 3.89. The average Bonchev–Trinajstić information content (AvgIpc) is 2.23. The zero-order valence-electron chi connectivity index (χ0n) is 12.1. The lowest BCUT2D eigenvalue weighted by Gasteiger charge is -2.57.